The molecule has 0 heterocycles. The molecule has 5 nitrogen and oxygen atoms in total. The third kappa shape index (κ3) is 6.84. The molecule has 138 valence electrons. The number of benzene rings is 1. The second-order valence-corrected chi connectivity index (χ2v) is 7.58. The van der Waals surface area contributed by atoms with E-state index in [0.717, 1.165) is 11.4 Å². The Morgan fingerprint density at radius 2 is 1.68 bits per heavy atom. The third-order valence-electron chi connectivity index (χ3n) is 4.46. The van der Waals surface area contributed by atoms with Crippen LogP contribution in [0.5, 0.6) is 0 Å². The molecule has 1 saturated carbocycles. The molecule has 0 aromatic heterocycles. The molecule has 0 aliphatic heterocycles. The Hall–Kier alpha value is -1.30. The molecule has 1 unspecified atom stereocenters. The molecular formula is C18H26Cl2N3O2+. The minimum Gasteiger partial charge on any atom is -0.351 e. The molecule has 25 heavy (non-hydrogen) atoms. The van der Waals surface area contributed by atoms with Gasteiger partial charge in [-0.1, -0.05) is 48.5 Å². The van der Waals surface area contributed by atoms with Gasteiger partial charge in [0.05, 0.1) is 22.8 Å². The van der Waals surface area contributed by atoms with Crippen molar-refractivity contribution >= 4 is 40.7 Å². The number of nitrogens with one attached hydrogen (secondary N) is 3. The number of hydrogen-bond donors (Lipinski definition) is 3. The van der Waals surface area contributed by atoms with Gasteiger partial charge in [0.1, 0.15) is 0 Å². The van der Waals surface area contributed by atoms with Crippen LogP contribution in [0.25, 0.3) is 0 Å². The lowest BCUT2D eigenvalue weighted by atomic mass is 9.89. The van der Waals surface area contributed by atoms with Gasteiger partial charge in [-0.15, -0.1) is 0 Å². The van der Waals surface area contributed by atoms with E-state index in [2.05, 4.69) is 10.6 Å². The number of carbonyl (C=O) groups excluding carboxylic acids is 2. The molecular weight excluding hydrogens is 361 g/mol. The van der Waals surface area contributed by atoms with Gasteiger partial charge in [0.15, 0.2) is 13.1 Å². The maximum atomic E-state index is 12.1. The van der Waals surface area contributed by atoms with Crippen LogP contribution in [0.2, 0.25) is 10.0 Å². The van der Waals surface area contributed by atoms with Gasteiger partial charge in [0, 0.05) is 6.54 Å². The van der Waals surface area contributed by atoms with Gasteiger partial charge in [-0.2, -0.15) is 0 Å². The van der Waals surface area contributed by atoms with E-state index in [1.165, 1.54) is 32.1 Å². The molecule has 0 spiro atoms. The number of anilines is 1. The van der Waals surface area contributed by atoms with Gasteiger partial charge in [0.2, 0.25) is 0 Å². The summed E-state index contributed by atoms with van der Waals surface area (Å²) in [5, 5.41) is 6.49. The highest BCUT2D eigenvalue weighted by atomic mass is 35.5. The van der Waals surface area contributed by atoms with Crippen molar-refractivity contribution in [2.24, 2.45) is 5.92 Å². The summed E-state index contributed by atoms with van der Waals surface area (Å²) in [6, 6.07) is 5.05. The van der Waals surface area contributed by atoms with Crippen LogP contribution in [0, 0.1) is 5.92 Å². The molecule has 0 radical (unpaired) electrons. The first-order chi connectivity index (χ1) is 12.0. The summed E-state index contributed by atoms with van der Waals surface area (Å²) < 4.78 is 0. The van der Waals surface area contributed by atoms with E-state index in [1.54, 1.807) is 18.2 Å². The highest BCUT2D eigenvalue weighted by molar-refractivity contribution is 6.39. The van der Waals surface area contributed by atoms with E-state index >= 15 is 0 Å². The molecule has 1 aliphatic rings. The average molecular weight is 387 g/mol. The number of likely N-dealkylation sites (N-methyl/N-ethyl adjacent to an activating group) is 1. The predicted molar refractivity (Wildman–Crippen MR) is 101 cm³/mol. The predicted octanol–water partition coefficient (Wildman–Crippen LogP) is 2.14. The molecule has 7 heteroatoms. The second kappa shape index (κ2) is 10.00. The average Bonchev–Trinajstić information content (AvgIpc) is 2.57. The minimum absolute atomic E-state index is 0.0216. The largest absolute Gasteiger partial charge is 0.351 e. The lowest BCUT2D eigenvalue weighted by Gasteiger charge is -2.22. The molecule has 0 bridgehead atoms. The summed E-state index contributed by atoms with van der Waals surface area (Å²) in [6.45, 7) is 1.17. The highest BCUT2D eigenvalue weighted by Crippen LogP contribution is 2.29. The molecule has 2 amide bonds. The number of amides is 2. The Kier molecular flexibility index (Phi) is 8.00. The molecule has 1 aromatic carbocycles. The number of rotatable bonds is 7. The maximum Gasteiger partial charge on any atom is 0.279 e. The van der Waals surface area contributed by atoms with E-state index in [4.69, 9.17) is 23.2 Å². The highest BCUT2D eigenvalue weighted by Gasteiger charge is 2.18. The van der Waals surface area contributed by atoms with E-state index < -0.39 is 0 Å². The number of hydrogen-bond acceptors (Lipinski definition) is 2. The number of carbonyl (C=O) groups is 2. The SMILES string of the molecule is C[NH+](CC(=O)NCC1CCCCC1)CC(=O)Nc1c(Cl)cccc1Cl. The lowest BCUT2D eigenvalue weighted by molar-refractivity contribution is -0.862. The van der Waals surface area contributed by atoms with E-state index in [1.807, 2.05) is 7.05 Å². The van der Waals surface area contributed by atoms with Crippen molar-refractivity contribution in [2.45, 2.75) is 32.1 Å². The van der Waals surface area contributed by atoms with Crippen molar-refractivity contribution in [3.05, 3.63) is 28.2 Å². The first-order valence-electron chi connectivity index (χ1n) is 8.77. The van der Waals surface area contributed by atoms with Gasteiger partial charge in [-0.25, -0.2) is 0 Å². The van der Waals surface area contributed by atoms with Gasteiger partial charge in [-0.05, 0) is 30.9 Å². The summed E-state index contributed by atoms with van der Waals surface area (Å²) in [6.07, 6.45) is 6.22. The van der Waals surface area contributed by atoms with Crippen molar-refractivity contribution in [3.8, 4) is 0 Å². The summed E-state index contributed by atoms with van der Waals surface area (Å²) in [4.78, 5) is 25.0. The smallest absolute Gasteiger partial charge is 0.279 e. The minimum atomic E-state index is -0.229. The van der Waals surface area contributed by atoms with Gasteiger partial charge >= 0.3 is 0 Å². The molecule has 1 fully saturated rings. The lowest BCUT2D eigenvalue weighted by Crippen LogP contribution is -3.11. The zero-order valence-corrected chi connectivity index (χ0v) is 16.1. The molecule has 3 N–H and O–H groups in total. The quantitative estimate of drug-likeness (QED) is 0.672. The topological polar surface area (TPSA) is 62.6 Å². The van der Waals surface area contributed by atoms with Crippen LogP contribution in [-0.2, 0) is 9.59 Å². The zero-order valence-electron chi connectivity index (χ0n) is 14.5. The Balaban J connectivity index is 1.72. The summed E-state index contributed by atoms with van der Waals surface area (Å²) >= 11 is 12.1. The number of halogens is 2. The van der Waals surface area contributed by atoms with Gasteiger partial charge in [0.25, 0.3) is 11.8 Å². The van der Waals surface area contributed by atoms with Gasteiger partial charge in [-0.3, -0.25) is 9.59 Å². The van der Waals surface area contributed by atoms with E-state index in [9.17, 15) is 9.59 Å². The van der Waals surface area contributed by atoms with Crippen LogP contribution in [-0.4, -0.2) is 38.5 Å². The number of quaternary nitrogens is 1. The van der Waals surface area contributed by atoms with Crippen LogP contribution >= 0.6 is 23.2 Å². The standard InChI is InChI=1S/C18H25Cl2N3O2/c1-23(11-16(24)21-10-13-6-3-2-4-7-13)12-17(25)22-18-14(19)8-5-9-15(18)20/h5,8-9,13H,2-4,6-7,10-12H2,1H3,(H,21,24)(H,22,25)/p+1. The fourth-order valence-electron chi connectivity index (χ4n) is 3.12. The van der Waals surface area contributed by atoms with Gasteiger partial charge < -0.3 is 15.5 Å². The molecule has 1 aromatic rings. The van der Waals surface area contributed by atoms with Crippen molar-refractivity contribution in [2.75, 3.05) is 32.0 Å². The second-order valence-electron chi connectivity index (χ2n) is 6.76. The van der Waals surface area contributed by atoms with Crippen LogP contribution in [0.4, 0.5) is 5.69 Å². The Labute approximate surface area is 159 Å². The van der Waals surface area contributed by atoms with Crippen molar-refractivity contribution in [1.29, 1.82) is 0 Å². The maximum absolute atomic E-state index is 12.1. The zero-order chi connectivity index (χ0) is 18.2. The summed E-state index contributed by atoms with van der Waals surface area (Å²) in [5.74, 6) is 0.350. The van der Waals surface area contributed by atoms with Crippen molar-refractivity contribution in [3.63, 3.8) is 0 Å². The Bertz CT molecular complexity index is 584. The molecule has 0 saturated heterocycles. The molecule has 1 atom stereocenters. The summed E-state index contributed by atoms with van der Waals surface area (Å²) in [7, 11) is 1.81. The van der Waals surface area contributed by atoms with Crippen LogP contribution in [0.15, 0.2) is 18.2 Å². The van der Waals surface area contributed by atoms with Crippen molar-refractivity contribution in [1.82, 2.24) is 5.32 Å². The summed E-state index contributed by atoms with van der Waals surface area (Å²) in [5.41, 5.74) is 0.408. The Morgan fingerprint density at radius 1 is 1.08 bits per heavy atom. The molecule has 2 rings (SSSR count). The van der Waals surface area contributed by atoms with E-state index in [0.29, 0.717) is 21.7 Å². The fourth-order valence-corrected chi connectivity index (χ4v) is 3.62. The Morgan fingerprint density at radius 3 is 2.32 bits per heavy atom. The van der Waals surface area contributed by atoms with Crippen LogP contribution in [0.1, 0.15) is 32.1 Å². The third-order valence-corrected chi connectivity index (χ3v) is 5.09. The first kappa shape index (κ1) is 20.0. The van der Waals surface area contributed by atoms with Crippen LogP contribution < -0.4 is 15.5 Å². The normalized spacial score (nSPS) is 16.3. The first-order valence-corrected chi connectivity index (χ1v) is 9.53. The molecule has 1 aliphatic carbocycles. The monoisotopic (exact) mass is 386 g/mol. The van der Waals surface area contributed by atoms with E-state index in [-0.39, 0.29) is 24.9 Å². The van der Waals surface area contributed by atoms with Crippen molar-refractivity contribution < 1.29 is 14.5 Å². The van der Waals surface area contributed by atoms with Crippen LogP contribution in [0.3, 0.4) is 0 Å². The fraction of sp³-hybridized carbons (Fsp3) is 0.556. The number of para-hydroxylation sites is 1.